The third-order valence-electron chi connectivity index (χ3n) is 2.65. The first-order chi connectivity index (χ1) is 6.31. The molecule has 13 heavy (non-hydrogen) atoms. The summed E-state index contributed by atoms with van der Waals surface area (Å²) in [6, 6.07) is 4.98. The molecule has 0 amide bonds. The molecule has 1 nitrogen and oxygen atoms in total. The van der Waals surface area contributed by atoms with Gasteiger partial charge in [-0.1, -0.05) is 6.07 Å². The normalized spacial score (nSPS) is 21.2. The Labute approximate surface area is 77.5 Å². The lowest BCUT2D eigenvalue weighted by Gasteiger charge is -2.24. The summed E-state index contributed by atoms with van der Waals surface area (Å²) in [5.41, 5.74) is 2.27. The topological polar surface area (TPSA) is 9.23 Å². The fourth-order valence-corrected chi connectivity index (χ4v) is 1.98. The van der Waals surface area contributed by atoms with E-state index in [4.69, 9.17) is 4.74 Å². The minimum atomic E-state index is -0.143. The SMILES string of the molecule is COC1CCCc2cc(F)ccc21. The molecule has 1 unspecified atom stereocenters. The van der Waals surface area contributed by atoms with E-state index in [0.29, 0.717) is 0 Å². The molecule has 0 heterocycles. The molecule has 2 rings (SSSR count). The number of ether oxygens (including phenoxy) is 1. The van der Waals surface area contributed by atoms with Gasteiger partial charge in [0, 0.05) is 7.11 Å². The minimum absolute atomic E-state index is 0.143. The van der Waals surface area contributed by atoms with Crippen LogP contribution in [0, 0.1) is 5.82 Å². The molecule has 1 aliphatic carbocycles. The third kappa shape index (κ3) is 1.59. The second kappa shape index (κ2) is 3.46. The molecule has 70 valence electrons. The van der Waals surface area contributed by atoms with Gasteiger partial charge in [0.25, 0.3) is 0 Å². The van der Waals surface area contributed by atoms with E-state index in [1.807, 2.05) is 6.07 Å². The minimum Gasteiger partial charge on any atom is -0.377 e. The predicted molar refractivity (Wildman–Crippen MR) is 49.1 cm³/mol. The Kier molecular flexibility index (Phi) is 2.32. The molecular weight excluding hydrogens is 167 g/mol. The lowest BCUT2D eigenvalue weighted by Crippen LogP contribution is -2.11. The molecular formula is C11H13FO. The van der Waals surface area contributed by atoms with Crippen LogP contribution in [0.5, 0.6) is 0 Å². The van der Waals surface area contributed by atoms with Gasteiger partial charge in [-0.05, 0) is 42.5 Å². The molecule has 0 fully saturated rings. The van der Waals surface area contributed by atoms with Gasteiger partial charge in [0.15, 0.2) is 0 Å². The molecule has 0 radical (unpaired) electrons. The van der Waals surface area contributed by atoms with Crippen molar-refractivity contribution in [1.29, 1.82) is 0 Å². The van der Waals surface area contributed by atoms with Gasteiger partial charge in [0.05, 0.1) is 6.10 Å². The number of hydrogen-bond acceptors (Lipinski definition) is 1. The van der Waals surface area contributed by atoms with Crippen LogP contribution < -0.4 is 0 Å². The van der Waals surface area contributed by atoms with Crippen molar-refractivity contribution in [2.75, 3.05) is 7.11 Å². The maximum Gasteiger partial charge on any atom is 0.123 e. The van der Waals surface area contributed by atoms with Crippen LogP contribution >= 0.6 is 0 Å². The molecule has 2 heteroatoms. The number of halogens is 1. The summed E-state index contributed by atoms with van der Waals surface area (Å²) in [6.07, 6.45) is 3.29. The summed E-state index contributed by atoms with van der Waals surface area (Å²) in [7, 11) is 1.71. The number of aryl methyl sites for hydroxylation is 1. The Morgan fingerprint density at radius 1 is 1.46 bits per heavy atom. The predicted octanol–water partition coefficient (Wildman–Crippen LogP) is 2.85. The first-order valence-corrected chi connectivity index (χ1v) is 4.62. The highest BCUT2D eigenvalue weighted by Crippen LogP contribution is 2.32. The molecule has 0 saturated carbocycles. The van der Waals surface area contributed by atoms with Crippen LogP contribution in [0.25, 0.3) is 0 Å². The van der Waals surface area contributed by atoms with Gasteiger partial charge < -0.3 is 4.74 Å². The summed E-state index contributed by atoms with van der Waals surface area (Å²) in [5.74, 6) is -0.143. The van der Waals surface area contributed by atoms with E-state index in [0.717, 1.165) is 30.4 Å². The van der Waals surface area contributed by atoms with Crippen LogP contribution in [0.15, 0.2) is 18.2 Å². The average molecular weight is 180 g/mol. The second-order valence-electron chi connectivity index (χ2n) is 3.46. The van der Waals surface area contributed by atoms with Crippen molar-refractivity contribution in [1.82, 2.24) is 0 Å². The Bertz CT molecular complexity index is 309. The first-order valence-electron chi connectivity index (χ1n) is 4.62. The van der Waals surface area contributed by atoms with Gasteiger partial charge in [-0.3, -0.25) is 0 Å². The summed E-state index contributed by atoms with van der Waals surface area (Å²) in [6.45, 7) is 0. The van der Waals surface area contributed by atoms with Gasteiger partial charge in [0.1, 0.15) is 5.82 Å². The van der Waals surface area contributed by atoms with Gasteiger partial charge >= 0.3 is 0 Å². The van der Waals surface area contributed by atoms with E-state index < -0.39 is 0 Å². The molecule has 0 N–H and O–H groups in total. The summed E-state index contributed by atoms with van der Waals surface area (Å²) >= 11 is 0. The molecule has 0 spiro atoms. The zero-order chi connectivity index (χ0) is 9.26. The van der Waals surface area contributed by atoms with Crippen molar-refractivity contribution in [2.24, 2.45) is 0 Å². The average Bonchev–Trinajstić information content (AvgIpc) is 2.16. The van der Waals surface area contributed by atoms with Gasteiger partial charge in [-0.25, -0.2) is 4.39 Å². The van der Waals surface area contributed by atoms with Crippen LogP contribution in [0.3, 0.4) is 0 Å². The van der Waals surface area contributed by atoms with Gasteiger partial charge in [0.2, 0.25) is 0 Å². The standard InChI is InChI=1S/C11H13FO/c1-13-11-4-2-3-8-7-9(12)5-6-10(8)11/h5-7,11H,2-4H2,1H3. The lowest BCUT2D eigenvalue weighted by atomic mass is 9.89. The summed E-state index contributed by atoms with van der Waals surface area (Å²) in [5, 5.41) is 0. The van der Waals surface area contributed by atoms with Crippen LogP contribution in [-0.2, 0) is 11.2 Å². The highest BCUT2D eigenvalue weighted by atomic mass is 19.1. The van der Waals surface area contributed by atoms with Crippen molar-refractivity contribution in [2.45, 2.75) is 25.4 Å². The zero-order valence-corrected chi connectivity index (χ0v) is 7.72. The largest absolute Gasteiger partial charge is 0.377 e. The van der Waals surface area contributed by atoms with Crippen molar-refractivity contribution in [3.05, 3.63) is 35.1 Å². The molecule has 1 aromatic carbocycles. The smallest absolute Gasteiger partial charge is 0.123 e. The number of benzene rings is 1. The van der Waals surface area contributed by atoms with Crippen molar-refractivity contribution in [3.63, 3.8) is 0 Å². The van der Waals surface area contributed by atoms with E-state index in [9.17, 15) is 4.39 Å². The van der Waals surface area contributed by atoms with E-state index in [1.165, 1.54) is 6.07 Å². The molecule has 0 aliphatic heterocycles. The van der Waals surface area contributed by atoms with Crippen molar-refractivity contribution < 1.29 is 9.13 Å². The van der Waals surface area contributed by atoms with Crippen LogP contribution in [0.4, 0.5) is 4.39 Å². The molecule has 0 bridgehead atoms. The monoisotopic (exact) mass is 180 g/mol. The molecule has 0 aromatic heterocycles. The first kappa shape index (κ1) is 8.70. The highest BCUT2D eigenvalue weighted by Gasteiger charge is 2.19. The number of fused-ring (bicyclic) bond motifs is 1. The van der Waals surface area contributed by atoms with Crippen LogP contribution in [-0.4, -0.2) is 7.11 Å². The summed E-state index contributed by atoms with van der Waals surface area (Å²) in [4.78, 5) is 0. The Hall–Kier alpha value is -0.890. The molecule has 0 saturated heterocycles. The fourth-order valence-electron chi connectivity index (χ4n) is 1.98. The van der Waals surface area contributed by atoms with Crippen LogP contribution in [0.1, 0.15) is 30.1 Å². The maximum atomic E-state index is 12.9. The van der Waals surface area contributed by atoms with Gasteiger partial charge in [-0.15, -0.1) is 0 Å². The molecule has 1 aromatic rings. The lowest BCUT2D eigenvalue weighted by molar-refractivity contribution is 0.0880. The Morgan fingerprint density at radius 3 is 3.08 bits per heavy atom. The Balaban J connectivity index is 2.40. The van der Waals surface area contributed by atoms with Gasteiger partial charge in [-0.2, -0.15) is 0 Å². The fraction of sp³-hybridized carbons (Fsp3) is 0.455. The number of rotatable bonds is 1. The maximum absolute atomic E-state index is 12.9. The van der Waals surface area contributed by atoms with Crippen LogP contribution in [0.2, 0.25) is 0 Å². The van der Waals surface area contributed by atoms with Crippen molar-refractivity contribution >= 4 is 0 Å². The summed E-state index contributed by atoms with van der Waals surface area (Å²) < 4.78 is 18.2. The molecule has 1 aliphatic rings. The Morgan fingerprint density at radius 2 is 2.31 bits per heavy atom. The second-order valence-corrected chi connectivity index (χ2v) is 3.46. The van der Waals surface area contributed by atoms with E-state index in [2.05, 4.69) is 0 Å². The number of methoxy groups -OCH3 is 1. The number of hydrogen-bond donors (Lipinski definition) is 0. The highest BCUT2D eigenvalue weighted by molar-refractivity contribution is 5.31. The quantitative estimate of drug-likeness (QED) is 0.645. The van der Waals surface area contributed by atoms with E-state index in [1.54, 1.807) is 13.2 Å². The third-order valence-corrected chi connectivity index (χ3v) is 2.65. The van der Waals surface area contributed by atoms with E-state index in [-0.39, 0.29) is 11.9 Å². The zero-order valence-electron chi connectivity index (χ0n) is 7.72. The van der Waals surface area contributed by atoms with E-state index >= 15 is 0 Å². The molecule has 1 atom stereocenters. The van der Waals surface area contributed by atoms with Crippen molar-refractivity contribution in [3.8, 4) is 0 Å².